The van der Waals surface area contributed by atoms with Gasteiger partial charge in [0.05, 0.1) is 11.3 Å². The largest absolute Gasteiger partial charge is 0.416 e. The highest BCUT2D eigenvalue weighted by Crippen LogP contribution is 2.26. The zero-order valence-electron chi connectivity index (χ0n) is 7.18. The number of halogens is 4. The predicted molar refractivity (Wildman–Crippen MR) is 48.6 cm³/mol. The van der Waals surface area contributed by atoms with E-state index >= 15 is 0 Å². The van der Waals surface area contributed by atoms with Gasteiger partial charge in [0.1, 0.15) is 0 Å². The van der Waals surface area contributed by atoms with Gasteiger partial charge in [0.15, 0.2) is 0 Å². The molecule has 0 rings (SSSR count). The van der Waals surface area contributed by atoms with E-state index in [-0.39, 0.29) is 0 Å². The number of rotatable bonds is 3. The van der Waals surface area contributed by atoms with E-state index in [4.69, 9.17) is 10.7 Å². The molecule has 0 heterocycles. The number of alkyl halides is 3. The molecule has 0 aromatic rings. The number of hydrogen-bond acceptors (Lipinski definition) is 2. The van der Waals surface area contributed by atoms with Gasteiger partial charge < -0.3 is 0 Å². The Labute approximate surface area is 84.5 Å². The molecule has 0 aliphatic heterocycles. The molecule has 7 heteroatoms. The molecule has 0 unspecified atom stereocenters. The summed E-state index contributed by atoms with van der Waals surface area (Å²) >= 11 is 0. The second kappa shape index (κ2) is 4.84. The SMILES string of the molecule is C/C=C\C(=C/CS(=O)(=O)Cl)C(F)(F)F. The van der Waals surface area contributed by atoms with Crippen LogP contribution in [0.5, 0.6) is 0 Å². The van der Waals surface area contributed by atoms with Crippen LogP contribution in [-0.4, -0.2) is 20.3 Å². The molecule has 0 aromatic heterocycles. The van der Waals surface area contributed by atoms with Crippen molar-refractivity contribution in [2.45, 2.75) is 13.1 Å². The van der Waals surface area contributed by atoms with Gasteiger partial charge in [-0.1, -0.05) is 18.2 Å². The Morgan fingerprint density at radius 2 is 1.93 bits per heavy atom. The van der Waals surface area contributed by atoms with E-state index in [0.29, 0.717) is 6.08 Å². The Hall–Kier alpha value is -0.490. The van der Waals surface area contributed by atoms with Crippen molar-refractivity contribution in [1.29, 1.82) is 0 Å². The first-order chi connectivity index (χ1) is 6.17. The van der Waals surface area contributed by atoms with Gasteiger partial charge in [-0.15, -0.1) is 0 Å². The van der Waals surface area contributed by atoms with Crippen molar-refractivity contribution in [1.82, 2.24) is 0 Å². The van der Waals surface area contributed by atoms with Crippen molar-refractivity contribution in [3.8, 4) is 0 Å². The summed E-state index contributed by atoms with van der Waals surface area (Å²) in [4.78, 5) is 0. The van der Waals surface area contributed by atoms with E-state index in [1.165, 1.54) is 13.0 Å². The standard InChI is InChI=1S/C7H8ClF3O2S/c1-2-3-6(7(9,10)11)4-5-14(8,12)13/h2-4H,5H2,1H3/b3-2-,6-4+. The maximum Gasteiger partial charge on any atom is 0.416 e. The highest BCUT2D eigenvalue weighted by atomic mass is 35.7. The molecule has 0 spiro atoms. The van der Waals surface area contributed by atoms with Crippen molar-refractivity contribution in [2.24, 2.45) is 0 Å². The molecule has 0 saturated heterocycles. The molecular weight excluding hydrogens is 241 g/mol. The molecule has 0 aliphatic carbocycles. The second-order valence-corrected chi connectivity index (χ2v) is 5.18. The Kier molecular flexibility index (Phi) is 4.67. The molecule has 0 aromatic carbocycles. The first kappa shape index (κ1) is 13.5. The van der Waals surface area contributed by atoms with Crippen molar-refractivity contribution in [3.63, 3.8) is 0 Å². The fraction of sp³-hybridized carbons (Fsp3) is 0.429. The summed E-state index contributed by atoms with van der Waals surface area (Å²) in [7, 11) is 0.828. The van der Waals surface area contributed by atoms with Gasteiger partial charge in [-0.05, 0) is 6.92 Å². The smallest absolute Gasteiger partial charge is 0.212 e. The van der Waals surface area contributed by atoms with E-state index in [0.717, 1.165) is 6.08 Å². The van der Waals surface area contributed by atoms with Crippen LogP contribution in [0.25, 0.3) is 0 Å². The molecule has 0 N–H and O–H groups in total. The monoisotopic (exact) mass is 248 g/mol. The first-order valence-corrected chi connectivity index (χ1v) is 5.97. The maximum absolute atomic E-state index is 12.1. The van der Waals surface area contributed by atoms with Crippen LogP contribution >= 0.6 is 10.7 Å². The third kappa shape index (κ3) is 6.04. The second-order valence-electron chi connectivity index (χ2n) is 2.36. The van der Waals surface area contributed by atoms with Gasteiger partial charge in [0, 0.05) is 10.7 Å². The Balaban J connectivity index is 4.86. The average Bonchev–Trinajstić information content (AvgIpc) is 1.93. The lowest BCUT2D eigenvalue weighted by atomic mass is 10.2. The van der Waals surface area contributed by atoms with Crippen LogP contribution < -0.4 is 0 Å². The van der Waals surface area contributed by atoms with Gasteiger partial charge in [-0.3, -0.25) is 0 Å². The summed E-state index contributed by atoms with van der Waals surface area (Å²) in [5, 5.41) is 0. The minimum atomic E-state index is -4.56. The van der Waals surface area contributed by atoms with Crippen molar-refractivity contribution in [3.05, 3.63) is 23.8 Å². The quantitative estimate of drug-likeness (QED) is 0.568. The maximum atomic E-state index is 12.1. The van der Waals surface area contributed by atoms with Crippen LogP contribution in [0.15, 0.2) is 23.8 Å². The molecule has 82 valence electrons. The average molecular weight is 249 g/mol. The third-order valence-electron chi connectivity index (χ3n) is 1.18. The van der Waals surface area contributed by atoms with Crippen LogP contribution in [-0.2, 0) is 9.05 Å². The predicted octanol–water partition coefficient (Wildman–Crippen LogP) is 2.62. The van der Waals surface area contributed by atoms with E-state index in [9.17, 15) is 21.6 Å². The Morgan fingerprint density at radius 3 is 2.21 bits per heavy atom. The minimum absolute atomic E-state index is 0.530. The topological polar surface area (TPSA) is 34.1 Å². The van der Waals surface area contributed by atoms with Gasteiger partial charge in [-0.25, -0.2) is 8.42 Å². The van der Waals surface area contributed by atoms with Crippen molar-refractivity contribution < 1.29 is 21.6 Å². The fourth-order valence-corrected chi connectivity index (χ4v) is 1.21. The summed E-state index contributed by atoms with van der Waals surface area (Å²) in [6, 6.07) is 0. The van der Waals surface area contributed by atoms with Crippen LogP contribution in [0.1, 0.15) is 6.92 Å². The van der Waals surface area contributed by atoms with Gasteiger partial charge in [0.2, 0.25) is 9.05 Å². The third-order valence-corrected chi connectivity index (χ3v) is 2.12. The first-order valence-electron chi connectivity index (χ1n) is 3.49. The molecule has 0 aliphatic rings. The van der Waals surface area contributed by atoms with Gasteiger partial charge >= 0.3 is 6.18 Å². The minimum Gasteiger partial charge on any atom is -0.212 e. The molecular formula is C7H8ClF3O2S. The summed E-state index contributed by atoms with van der Waals surface area (Å²) < 4.78 is 57.2. The summed E-state index contributed by atoms with van der Waals surface area (Å²) in [5.74, 6) is -0.840. The summed E-state index contributed by atoms with van der Waals surface area (Å²) in [6.45, 7) is 1.40. The lowest BCUT2D eigenvalue weighted by Gasteiger charge is -2.06. The number of hydrogen-bond donors (Lipinski definition) is 0. The van der Waals surface area contributed by atoms with Crippen LogP contribution in [0.3, 0.4) is 0 Å². The molecule has 0 bridgehead atoms. The highest BCUT2D eigenvalue weighted by molar-refractivity contribution is 8.13. The van der Waals surface area contributed by atoms with Crippen molar-refractivity contribution in [2.75, 3.05) is 5.75 Å². The lowest BCUT2D eigenvalue weighted by molar-refractivity contribution is -0.0882. The molecule has 0 atom stereocenters. The lowest BCUT2D eigenvalue weighted by Crippen LogP contribution is -2.11. The molecule has 0 radical (unpaired) electrons. The summed E-state index contributed by atoms with van der Waals surface area (Å²) in [5.41, 5.74) is -1.02. The van der Waals surface area contributed by atoms with E-state index in [1.807, 2.05) is 0 Å². The molecule has 0 amide bonds. The molecule has 0 fully saturated rings. The van der Waals surface area contributed by atoms with E-state index in [2.05, 4.69) is 0 Å². The zero-order valence-corrected chi connectivity index (χ0v) is 8.75. The zero-order chi connectivity index (χ0) is 11.4. The summed E-state index contributed by atoms with van der Waals surface area (Å²) in [6.07, 6.45) is -2.08. The van der Waals surface area contributed by atoms with E-state index < -0.39 is 26.6 Å². The van der Waals surface area contributed by atoms with Gasteiger partial charge in [-0.2, -0.15) is 13.2 Å². The van der Waals surface area contributed by atoms with Crippen LogP contribution in [0.2, 0.25) is 0 Å². The van der Waals surface area contributed by atoms with Gasteiger partial charge in [0.25, 0.3) is 0 Å². The van der Waals surface area contributed by atoms with E-state index in [1.54, 1.807) is 0 Å². The normalized spacial score (nSPS) is 15.1. The molecule has 2 nitrogen and oxygen atoms in total. The molecule has 14 heavy (non-hydrogen) atoms. The Morgan fingerprint density at radius 1 is 1.43 bits per heavy atom. The van der Waals surface area contributed by atoms with Crippen molar-refractivity contribution >= 4 is 19.7 Å². The Bertz CT molecular complexity index is 340. The highest BCUT2D eigenvalue weighted by Gasteiger charge is 2.31. The van der Waals surface area contributed by atoms with Crippen LogP contribution in [0, 0.1) is 0 Å². The molecule has 0 saturated carbocycles. The van der Waals surface area contributed by atoms with Crippen LogP contribution in [0.4, 0.5) is 13.2 Å². The fourth-order valence-electron chi connectivity index (χ4n) is 0.647. The number of allylic oxidation sites excluding steroid dienone is 3.